The second-order valence-corrected chi connectivity index (χ2v) is 6.09. The average Bonchev–Trinajstić information content (AvgIpc) is 3.15. The van der Waals surface area contributed by atoms with Gasteiger partial charge in [-0.1, -0.05) is 12.2 Å². The molecule has 114 valence electrons. The number of alkyl halides is 1. The lowest BCUT2D eigenvalue weighted by atomic mass is 10.0. The molecule has 3 atom stereocenters. The number of aliphatic hydroxyl groups is 1. The Bertz CT molecular complexity index is 521. The lowest BCUT2D eigenvalue weighted by molar-refractivity contribution is -0.133. The molecule has 1 heterocycles. The van der Waals surface area contributed by atoms with E-state index in [4.69, 9.17) is 0 Å². The molecule has 0 aliphatic heterocycles. The molecule has 1 saturated carbocycles. The number of hydrogen-bond donors (Lipinski definition) is 2. The van der Waals surface area contributed by atoms with Crippen LogP contribution in [0.25, 0.3) is 0 Å². The van der Waals surface area contributed by atoms with Gasteiger partial charge >= 0.3 is 0 Å². The molecular formula is C15H20FN3O2. The van der Waals surface area contributed by atoms with Crippen molar-refractivity contribution in [3.63, 3.8) is 0 Å². The molecule has 0 aromatic carbocycles. The first-order valence-electron chi connectivity index (χ1n) is 7.35. The van der Waals surface area contributed by atoms with E-state index in [-0.39, 0.29) is 24.8 Å². The third kappa shape index (κ3) is 3.00. The maximum Gasteiger partial charge on any atom is 0.258 e. The van der Waals surface area contributed by atoms with Crippen LogP contribution in [0.4, 0.5) is 4.39 Å². The summed E-state index contributed by atoms with van der Waals surface area (Å²) >= 11 is 0. The van der Waals surface area contributed by atoms with Gasteiger partial charge in [0, 0.05) is 31.8 Å². The smallest absolute Gasteiger partial charge is 0.258 e. The summed E-state index contributed by atoms with van der Waals surface area (Å²) in [4.78, 5) is 16.0. The quantitative estimate of drug-likeness (QED) is 0.820. The minimum atomic E-state index is -1.83. The van der Waals surface area contributed by atoms with E-state index in [1.807, 2.05) is 10.8 Å². The number of halogens is 1. The molecule has 1 unspecified atom stereocenters. The van der Waals surface area contributed by atoms with E-state index in [1.54, 1.807) is 24.7 Å². The Morgan fingerprint density at radius 2 is 2.19 bits per heavy atom. The van der Waals surface area contributed by atoms with E-state index in [0.29, 0.717) is 12.8 Å². The van der Waals surface area contributed by atoms with Crippen LogP contribution in [0.15, 0.2) is 30.9 Å². The standard InChI is InChI=1S/C15H20FN3O2/c16-15(3-1-2-4-15)14(21)18-12-7-11(8-13(12)20)9-19-6-5-17-10-19/h1-2,5-6,10-13,20H,3-4,7-9H2,(H,18,21)/t11?,12-,13-/m1/s1. The van der Waals surface area contributed by atoms with Crippen molar-refractivity contribution < 1.29 is 14.3 Å². The first-order valence-corrected chi connectivity index (χ1v) is 7.35. The highest BCUT2D eigenvalue weighted by atomic mass is 19.1. The van der Waals surface area contributed by atoms with Crippen LogP contribution < -0.4 is 5.32 Å². The predicted octanol–water partition coefficient (Wildman–Crippen LogP) is 1.20. The van der Waals surface area contributed by atoms with E-state index in [1.165, 1.54) is 0 Å². The van der Waals surface area contributed by atoms with Gasteiger partial charge < -0.3 is 15.0 Å². The number of nitrogens with one attached hydrogen (secondary N) is 1. The summed E-state index contributed by atoms with van der Waals surface area (Å²) in [5.41, 5.74) is -1.83. The molecule has 1 aromatic rings. The summed E-state index contributed by atoms with van der Waals surface area (Å²) in [7, 11) is 0. The Morgan fingerprint density at radius 1 is 1.43 bits per heavy atom. The summed E-state index contributed by atoms with van der Waals surface area (Å²) in [5.74, 6) is -0.336. The van der Waals surface area contributed by atoms with Crippen LogP contribution in [-0.2, 0) is 11.3 Å². The minimum Gasteiger partial charge on any atom is -0.391 e. The zero-order chi connectivity index (χ0) is 14.9. The zero-order valence-corrected chi connectivity index (χ0v) is 11.8. The summed E-state index contributed by atoms with van der Waals surface area (Å²) in [6.07, 6.45) is 9.61. The summed E-state index contributed by atoms with van der Waals surface area (Å²) < 4.78 is 16.3. The van der Waals surface area contributed by atoms with Gasteiger partial charge in [-0.25, -0.2) is 9.37 Å². The highest BCUT2D eigenvalue weighted by Gasteiger charge is 2.42. The third-order valence-corrected chi connectivity index (χ3v) is 4.43. The van der Waals surface area contributed by atoms with Crippen molar-refractivity contribution in [2.24, 2.45) is 5.92 Å². The molecule has 5 nitrogen and oxygen atoms in total. The van der Waals surface area contributed by atoms with E-state index in [2.05, 4.69) is 10.3 Å². The van der Waals surface area contributed by atoms with Crippen LogP contribution in [-0.4, -0.2) is 38.4 Å². The fraction of sp³-hybridized carbons (Fsp3) is 0.600. The van der Waals surface area contributed by atoms with Crippen LogP contribution in [0, 0.1) is 5.92 Å². The van der Waals surface area contributed by atoms with E-state index in [9.17, 15) is 14.3 Å². The van der Waals surface area contributed by atoms with E-state index in [0.717, 1.165) is 6.54 Å². The fourth-order valence-electron chi connectivity index (χ4n) is 3.22. The number of nitrogens with zero attached hydrogens (tertiary/aromatic N) is 2. The zero-order valence-electron chi connectivity index (χ0n) is 11.8. The van der Waals surface area contributed by atoms with Gasteiger partial charge in [-0.2, -0.15) is 0 Å². The van der Waals surface area contributed by atoms with Crippen LogP contribution >= 0.6 is 0 Å². The van der Waals surface area contributed by atoms with Crippen molar-refractivity contribution in [3.8, 4) is 0 Å². The number of aliphatic hydroxyl groups excluding tert-OH is 1. The number of aromatic nitrogens is 2. The maximum absolute atomic E-state index is 14.3. The van der Waals surface area contributed by atoms with Crippen molar-refractivity contribution in [2.45, 2.75) is 50.0 Å². The van der Waals surface area contributed by atoms with Gasteiger partial charge in [0.25, 0.3) is 5.91 Å². The number of hydrogen-bond acceptors (Lipinski definition) is 3. The number of allylic oxidation sites excluding steroid dienone is 2. The molecule has 2 aliphatic carbocycles. The molecule has 6 heteroatoms. The van der Waals surface area contributed by atoms with Crippen molar-refractivity contribution in [1.29, 1.82) is 0 Å². The Hall–Kier alpha value is -1.69. The molecule has 0 radical (unpaired) electrons. The van der Waals surface area contributed by atoms with E-state index >= 15 is 0 Å². The molecule has 1 aromatic heterocycles. The highest BCUT2D eigenvalue weighted by Crippen LogP contribution is 2.31. The third-order valence-electron chi connectivity index (χ3n) is 4.43. The van der Waals surface area contributed by atoms with Crippen LogP contribution in [0.2, 0.25) is 0 Å². The van der Waals surface area contributed by atoms with Gasteiger partial charge in [0.05, 0.1) is 18.5 Å². The van der Waals surface area contributed by atoms with Crippen molar-refractivity contribution in [2.75, 3.05) is 0 Å². The predicted molar refractivity (Wildman–Crippen MR) is 75.1 cm³/mol. The minimum absolute atomic E-state index is 0.125. The number of imidazole rings is 1. The first-order chi connectivity index (χ1) is 10.1. The number of carbonyl (C=O) groups excluding carboxylic acids is 1. The Balaban J connectivity index is 1.55. The van der Waals surface area contributed by atoms with Crippen LogP contribution in [0.3, 0.4) is 0 Å². The van der Waals surface area contributed by atoms with Gasteiger partial charge in [0.1, 0.15) is 0 Å². The van der Waals surface area contributed by atoms with Gasteiger partial charge in [-0.15, -0.1) is 0 Å². The monoisotopic (exact) mass is 293 g/mol. The molecule has 0 bridgehead atoms. The lowest BCUT2D eigenvalue weighted by Gasteiger charge is -2.23. The van der Waals surface area contributed by atoms with Gasteiger partial charge in [-0.05, 0) is 18.8 Å². The largest absolute Gasteiger partial charge is 0.391 e. The molecule has 1 amide bonds. The summed E-state index contributed by atoms with van der Waals surface area (Å²) in [6.45, 7) is 0.756. The van der Waals surface area contributed by atoms with Crippen molar-refractivity contribution >= 4 is 5.91 Å². The van der Waals surface area contributed by atoms with Gasteiger partial charge in [0.2, 0.25) is 0 Å². The average molecular weight is 293 g/mol. The van der Waals surface area contributed by atoms with Crippen molar-refractivity contribution in [3.05, 3.63) is 30.9 Å². The van der Waals surface area contributed by atoms with Crippen LogP contribution in [0.1, 0.15) is 25.7 Å². The molecule has 3 rings (SSSR count). The summed E-state index contributed by atoms with van der Waals surface area (Å²) in [5, 5.41) is 12.8. The number of rotatable bonds is 4. The second-order valence-electron chi connectivity index (χ2n) is 6.09. The summed E-state index contributed by atoms with van der Waals surface area (Å²) in [6, 6.07) is -0.362. The Morgan fingerprint density at radius 3 is 2.86 bits per heavy atom. The molecular weight excluding hydrogens is 273 g/mol. The molecule has 2 aliphatic rings. The molecule has 0 saturated heterocycles. The van der Waals surface area contributed by atoms with Gasteiger partial charge in [-0.3, -0.25) is 4.79 Å². The maximum atomic E-state index is 14.3. The van der Waals surface area contributed by atoms with Crippen molar-refractivity contribution in [1.82, 2.24) is 14.9 Å². The lowest BCUT2D eigenvalue weighted by Crippen LogP contribution is -2.48. The van der Waals surface area contributed by atoms with Crippen LogP contribution in [0.5, 0.6) is 0 Å². The van der Waals surface area contributed by atoms with E-state index < -0.39 is 17.7 Å². The molecule has 21 heavy (non-hydrogen) atoms. The molecule has 2 N–H and O–H groups in total. The SMILES string of the molecule is O=C(N[C@@H]1CC(Cn2ccnc2)C[C@H]1O)C1(F)CC=CC1. The number of carbonyl (C=O) groups is 1. The number of amides is 1. The fourth-order valence-corrected chi connectivity index (χ4v) is 3.22. The Kier molecular flexibility index (Phi) is 3.80. The molecule has 1 fully saturated rings. The normalized spacial score (nSPS) is 30.7. The highest BCUT2D eigenvalue weighted by molar-refractivity contribution is 5.86. The first kappa shape index (κ1) is 14.3. The van der Waals surface area contributed by atoms with Gasteiger partial charge in [0.15, 0.2) is 5.67 Å². The Labute approximate surface area is 122 Å². The second kappa shape index (κ2) is 5.60. The molecule has 0 spiro atoms. The topological polar surface area (TPSA) is 67.2 Å².